The van der Waals surface area contributed by atoms with E-state index < -0.39 is 5.41 Å². The molecule has 26 heavy (non-hydrogen) atoms. The van der Waals surface area contributed by atoms with Crippen LogP contribution in [0.25, 0.3) is 0 Å². The molecule has 2 rings (SSSR count). The molecule has 1 aliphatic carbocycles. The Hall–Kier alpha value is -1.51. The van der Waals surface area contributed by atoms with E-state index in [1.54, 1.807) is 0 Å². The van der Waals surface area contributed by atoms with Crippen molar-refractivity contribution in [3.63, 3.8) is 0 Å². The van der Waals surface area contributed by atoms with Crippen molar-refractivity contribution in [1.82, 2.24) is 0 Å². The number of carbonyl (C=O) groups excluding carboxylic acids is 1. The van der Waals surface area contributed by atoms with Gasteiger partial charge in [-0.3, -0.25) is 4.79 Å². The summed E-state index contributed by atoms with van der Waals surface area (Å²) >= 11 is 0. The highest BCUT2D eigenvalue weighted by molar-refractivity contribution is 5.76. The van der Waals surface area contributed by atoms with Crippen LogP contribution >= 0.6 is 0 Å². The van der Waals surface area contributed by atoms with Crippen LogP contribution in [0.3, 0.4) is 0 Å². The lowest BCUT2D eigenvalue weighted by molar-refractivity contribution is -0.164. The van der Waals surface area contributed by atoms with Crippen molar-refractivity contribution < 1.29 is 14.3 Å². The molecule has 146 valence electrons. The quantitative estimate of drug-likeness (QED) is 0.420. The van der Waals surface area contributed by atoms with Gasteiger partial charge in [0.25, 0.3) is 0 Å². The second kappa shape index (κ2) is 8.92. The number of rotatable bonds is 8. The number of carbonyl (C=O) groups is 1. The molecule has 0 N–H and O–H groups in total. The number of para-hydroxylation sites is 1. The van der Waals surface area contributed by atoms with Crippen LogP contribution in [0, 0.1) is 16.7 Å². The number of benzene rings is 1. The number of hydrogen-bond acceptors (Lipinski definition) is 3. The van der Waals surface area contributed by atoms with Crippen molar-refractivity contribution in [3.8, 4) is 5.75 Å². The number of hydrogen-bond donors (Lipinski definition) is 0. The molecule has 1 saturated carbocycles. The van der Waals surface area contributed by atoms with Gasteiger partial charge in [-0.05, 0) is 75.8 Å². The standard InChI is InChI=1S/C23H36O3/c1-18-15-20(17-22(2,3)16-18)26-21(24)23(4,5)13-9-10-14-25-19-11-7-6-8-12-19/h6-8,11-12,18,20H,9-10,13-17H2,1-5H3/t18-,20+/m1/s1. The average molecular weight is 361 g/mol. The average Bonchev–Trinajstić information content (AvgIpc) is 2.53. The van der Waals surface area contributed by atoms with Gasteiger partial charge in [0.05, 0.1) is 12.0 Å². The van der Waals surface area contributed by atoms with Gasteiger partial charge in [0, 0.05) is 0 Å². The molecule has 0 amide bonds. The van der Waals surface area contributed by atoms with Gasteiger partial charge in [0.1, 0.15) is 11.9 Å². The van der Waals surface area contributed by atoms with Gasteiger partial charge in [-0.1, -0.05) is 39.0 Å². The Balaban J connectivity index is 1.71. The lowest BCUT2D eigenvalue weighted by atomic mass is 9.71. The molecule has 0 radical (unpaired) electrons. The maximum atomic E-state index is 12.7. The first-order chi connectivity index (χ1) is 12.2. The van der Waals surface area contributed by atoms with Crippen LogP contribution in [0.5, 0.6) is 5.75 Å². The molecular formula is C23H36O3. The van der Waals surface area contributed by atoms with Crippen molar-refractivity contribution >= 4 is 5.97 Å². The topological polar surface area (TPSA) is 35.5 Å². The Bertz CT molecular complexity index is 562. The van der Waals surface area contributed by atoms with Gasteiger partial charge in [-0.2, -0.15) is 0 Å². The molecule has 3 nitrogen and oxygen atoms in total. The smallest absolute Gasteiger partial charge is 0.311 e. The van der Waals surface area contributed by atoms with Gasteiger partial charge < -0.3 is 9.47 Å². The molecule has 1 aromatic carbocycles. The third kappa shape index (κ3) is 6.66. The highest BCUT2D eigenvalue weighted by Gasteiger charge is 2.37. The SMILES string of the molecule is C[C@@H]1C[C@H](OC(=O)C(C)(C)CCCCOc2ccccc2)CC(C)(C)C1. The maximum Gasteiger partial charge on any atom is 0.311 e. The van der Waals surface area contributed by atoms with Crippen LogP contribution in [0.15, 0.2) is 30.3 Å². The lowest BCUT2D eigenvalue weighted by Gasteiger charge is -2.39. The molecule has 0 heterocycles. The molecule has 2 atom stereocenters. The molecule has 0 unspecified atom stereocenters. The fourth-order valence-electron chi connectivity index (χ4n) is 4.14. The summed E-state index contributed by atoms with van der Waals surface area (Å²) in [5.41, 5.74) is -0.168. The van der Waals surface area contributed by atoms with Crippen LogP contribution in [0.2, 0.25) is 0 Å². The predicted octanol–water partition coefficient (Wildman–Crippen LogP) is 6.02. The molecule has 0 aliphatic heterocycles. The van der Waals surface area contributed by atoms with Gasteiger partial charge in [-0.15, -0.1) is 0 Å². The van der Waals surface area contributed by atoms with Gasteiger partial charge in [0.15, 0.2) is 0 Å². The van der Waals surface area contributed by atoms with Crippen LogP contribution in [-0.2, 0) is 9.53 Å². The third-order valence-electron chi connectivity index (χ3n) is 5.38. The lowest BCUT2D eigenvalue weighted by Crippen LogP contribution is -2.37. The van der Waals surface area contributed by atoms with Crippen LogP contribution in [0.1, 0.15) is 73.1 Å². The van der Waals surface area contributed by atoms with E-state index in [0.29, 0.717) is 12.5 Å². The van der Waals surface area contributed by atoms with Gasteiger partial charge >= 0.3 is 5.97 Å². The predicted molar refractivity (Wildman–Crippen MR) is 106 cm³/mol. The number of esters is 1. The minimum atomic E-state index is -0.433. The zero-order chi connectivity index (χ0) is 19.2. The Kier molecular flexibility index (Phi) is 7.14. The van der Waals surface area contributed by atoms with E-state index in [0.717, 1.165) is 37.9 Å². The Morgan fingerprint density at radius 2 is 1.85 bits per heavy atom. The molecule has 1 aliphatic rings. The molecule has 0 spiro atoms. The zero-order valence-electron chi connectivity index (χ0n) is 17.2. The molecule has 1 aromatic rings. The fraction of sp³-hybridized carbons (Fsp3) is 0.696. The molecule has 0 aromatic heterocycles. The summed E-state index contributed by atoms with van der Waals surface area (Å²) in [5, 5.41) is 0. The van der Waals surface area contributed by atoms with Crippen molar-refractivity contribution in [2.75, 3.05) is 6.61 Å². The summed E-state index contributed by atoms with van der Waals surface area (Å²) in [6.07, 6.45) is 5.99. The third-order valence-corrected chi connectivity index (χ3v) is 5.38. The van der Waals surface area contributed by atoms with Crippen molar-refractivity contribution in [2.24, 2.45) is 16.7 Å². The monoisotopic (exact) mass is 360 g/mol. The molecule has 1 fully saturated rings. The summed E-state index contributed by atoms with van der Waals surface area (Å²) in [7, 11) is 0. The Labute approximate surface area is 159 Å². The van der Waals surface area contributed by atoms with Gasteiger partial charge in [0.2, 0.25) is 0 Å². The van der Waals surface area contributed by atoms with Crippen LogP contribution in [-0.4, -0.2) is 18.7 Å². The number of ether oxygens (including phenoxy) is 2. The van der Waals surface area contributed by atoms with E-state index in [2.05, 4.69) is 20.8 Å². The van der Waals surface area contributed by atoms with Gasteiger partial charge in [-0.25, -0.2) is 0 Å². The molecule has 0 saturated heterocycles. The largest absolute Gasteiger partial charge is 0.494 e. The second-order valence-electron chi connectivity index (χ2n) is 9.44. The van der Waals surface area contributed by atoms with Crippen molar-refractivity contribution in [1.29, 1.82) is 0 Å². The van der Waals surface area contributed by atoms with E-state index in [9.17, 15) is 4.79 Å². The Morgan fingerprint density at radius 1 is 1.15 bits per heavy atom. The van der Waals surface area contributed by atoms with Crippen molar-refractivity contribution in [3.05, 3.63) is 30.3 Å². The normalized spacial score (nSPS) is 22.7. The minimum Gasteiger partial charge on any atom is -0.494 e. The minimum absolute atomic E-state index is 0.0450. The molecular weight excluding hydrogens is 324 g/mol. The second-order valence-corrected chi connectivity index (χ2v) is 9.44. The molecule has 3 heteroatoms. The highest BCUT2D eigenvalue weighted by Crippen LogP contribution is 2.40. The van der Waals surface area contributed by atoms with Crippen molar-refractivity contribution in [2.45, 2.75) is 79.2 Å². The van der Waals surface area contributed by atoms with E-state index in [1.807, 2.05) is 44.2 Å². The van der Waals surface area contributed by atoms with Crippen LogP contribution < -0.4 is 4.74 Å². The zero-order valence-corrected chi connectivity index (χ0v) is 17.2. The summed E-state index contributed by atoms with van der Waals surface area (Å²) in [4.78, 5) is 12.7. The van der Waals surface area contributed by atoms with E-state index >= 15 is 0 Å². The molecule has 0 bridgehead atoms. The summed E-state index contributed by atoms with van der Waals surface area (Å²) < 4.78 is 11.6. The van der Waals surface area contributed by atoms with E-state index in [-0.39, 0.29) is 17.5 Å². The first kappa shape index (κ1) is 20.8. The number of unbranched alkanes of at least 4 members (excludes halogenated alkanes) is 1. The fourth-order valence-corrected chi connectivity index (χ4v) is 4.14. The maximum absolute atomic E-state index is 12.7. The summed E-state index contributed by atoms with van der Waals surface area (Å²) in [6.45, 7) is 11.5. The van der Waals surface area contributed by atoms with E-state index in [1.165, 1.54) is 6.42 Å². The highest BCUT2D eigenvalue weighted by atomic mass is 16.5. The first-order valence-electron chi connectivity index (χ1n) is 10.1. The summed E-state index contributed by atoms with van der Waals surface area (Å²) in [6, 6.07) is 9.86. The Morgan fingerprint density at radius 3 is 2.50 bits per heavy atom. The van der Waals surface area contributed by atoms with E-state index in [4.69, 9.17) is 9.47 Å². The van der Waals surface area contributed by atoms with Crippen LogP contribution in [0.4, 0.5) is 0 Å². The summed E-state index contributed by atoms with van der Waals surface area (Å²) in [5.74, 6) is 1.48. The first-order valence-corrected chi connectivity index (χ1v) is 10.1.